The molecule has 2 aliphatic carbocycles. The average Bonchev–Trinajstić information content (AvgIpc) is 3.10. The number of nitrogens with zero attached hydrogens (tertiary/aromatic N) is 1. The van der Waals surface area contributed by atoms with Gasteiger partial charge in [-0.15, -0.1) is 0 Å². The number of carbonyl (C=O) groups is 1. The van der Waals surface area contributed by atoms with Gasteiger partial charge in [-0.1, -0.05) is 24.9 Å². The summed E-state index contributed by atoms with van der Waals surface area (Å²) in [4.78, 5) is 12.1. The van der Waals surface area contributed by atoms with Crippen LogP contribution in [0.4, 0.5) is 0 Å². The molecule has 0 aliphatic heterocycles. The Morgan fingerprint density at radius 3 is 2.83 bits per heavy atom. The van der Waals surface area contributed by atoms with Crippen molar-refractivity contribution in [3.8, 4) is 0 Å². The van der Waals surface area contributed by atoms with Gasteiger partial charge in [0.05, 0.1) is 0 Å². The Kier molecular flexibility index (Phi) is 3.10. The molecule has 1 aromatic rings. The van der Waals surface area contributed by atoms with Crippen LogP contribution < -0.4 is 5.32 Å². The van der Waals surface area contributed by atoms with E-state index < -0.39 is 0 Å². The third-order valence-corrected chi connectivity index (χ3v) is 4.17. The molecule has 1 N–H and O–H groups in total. The van der Waals surface area contributed by atoms with E-state index in [2.05, 4.69) is 17.4 Å². The largest absolute Gasteiger partial charge is 0.360 e. The van der Waals surface area contributed by atoms with E-state index in [-0.39, 0.29) is 5.91 Å². The third-order valence-electron chi connectivity index (χ3n) is 4.17. The van der Waals surface area contributed by atoms with Crippen LogP contribution in [0.15, 0.2) is 10.6 Å². The van der Waals surface area contributed by atoms with Gasteiger partial charge in [-0.25, -0.2) is 0 Å². The Bertz CT molecular complexity index is 437. The molecule has 2 unspecified atom stereocenters. The highest BCUT2D eigenvalue weighted by Gasteiger charge is 2.30. The first-order valence-electron chi connectivity index (χ1n) is 7.01. The lowest BCUT2D eigenvalue weighted by molar-refractivity contribution is 0.0901. The molecular formula is C14H20N2O2. The zero-order valence-electron chi connectivity index (χ0n) is 10.8. The van der Waals surface area contributed by atoms with Gasteiger partial charge in [0.1, 0.15) is 5.76 Å². The summed E-state index contributed by atoms with van der Waals surface area (Å²) < 4.78 is 5.21. The Morgan fingerprint density at radius 2 is 2.11 bits per heavy atom. The standard InChI is InChI=1S/C14H20N2O2/c1-9-4-2-3-5-11(9)15-14(17)12-8-13(18-16-12)10-6-7-10/h8-11H,2-7H2,1H3,(H,15,17). The minimum atomic E-state index is -0.0793. The van der Waals surface area contributed by atoms with Gasteiger partial charge in [0, 0.05) is 18.0 Å². The van der Waals surface area contributed by atoms with E-state index in [9.17, 15) is 4.79 Å². The van der Waals surface area contributed by atoms with Crippen molar-refractivity contribution >= 4 is 5.91 Å². The number of aromatic nitrogens is 1. The molecule has 1 aromatic heterocycles. The second-order valence-electron chi connectivity index (χ2n) is 5.73. The quantitative estimate of drug-likeness (QED) is 0.894. The highest BCUT2D eigenvalue weighted by molar-refractivity contribution is 5.92. The Morgan fingerprint density at radius 1 is 1.33 bits per heavy atom. The summed E-state index contributed by atoms with van der Waals surface area (Å²) in [6.45, 7) is 2.21. The lowest BCUT2D eigenvalue weighted by Gasteiger charge is -2.29. The summed E-state index contributed by atoms with van der Waals surface area (Å²) >= 11 is 0. The SMILES string of the molecule is CC1CCCCC1NC(=O)c1cc(C2CC2)on1. The zero-order valence-corrected chi connectivity index (χ0v) is 10.8. The summed E-state index contributed by atoms with van der Waals surface area (Å²) in [6.07, 6.45) is 7.11. The first-order valence-corrected chi connectivity index (χ1v) is 7.01. The van der Waals surface area contributed by atoms with E-state index >= 15 is 0 Å². The number of nitrogens with one attached hydrogen (secondary N) is 1. The topological polar surface area (TPSA) is 55.1 Å². The van der Waals surface area contributed by atoms with E-state index in [0.29, 0.717) is 23.6 Å². The van der Waals surface area contributed by atoms with Gasteiger partial charge in [-0.05, 0) is 31.6 Å². The molecule has 2 atom stereocenters. The lowest BCUT2D eigenvalue weighted by atomic mass is 9.86. The van der Waals surface area contributed by atoms with Gasteiger partial charge in [0.2, 0.25) is 0 Å². The maximum atomic E-state index is 12.1. The molecule has 2 saturated carbocycles. The second-order valence-corrected chi connectivity index (χ2v) is 5.73. The molecule has 98 valence electrons. The van der Waals surface area contributed by atoms with Crippen LogP contribution in [0.25, 0.3) is 0 Å². The normalized spacial score (nSPS) is 28.1. The van der Waals surface area contributed by atoms with Crippen LogP contribution in [-0.4, -0.2) is 17.1 Å². The predicted octanol–water partition coefficient (Wildman–Crippen LogP) is 2.86. The van der Waals surface area contributed by atoms with Crippen molar-refractivity contribution in [1.29, 1.82) is 0 Å². The molecule has 0 spiro atoms. The summed E-state index contributed by atoms with van der Waals surface area (Å²) in [5.41, 5.74) is 0.440. The molecule has 0 radical (unpaired) electrons. The molecule has 4 heteroatoms. The Hall–Kier alpha value is -1.32. The Balaban J connectivity index is 1.62. The molecule has 2 fully saturated rings. The lowest BCUT2D eigenvalue weighted by Crippen LogP contribution is -2.41. The molecule has 0 bridgehead atoms. The van der Waals surface area contributed by atoms with E-state index in [1.54, 1.807) is 6.07 Å². The highest BCUT2D eigenvalue weighted by Crippen LogP contribution is 2.40. The van der Waals surface area contributed by atoms with Gasteiger partial charge in [-0.3, -0.25) is 4.79 Å². The zero-order chi connectivity index (χ0) is 12.5. The third kappa shape index (κ3) is 2.42. The minimum absolute atomic E-state index is 0.0793. The van der Waals surface area contributed by atoms with Crippen LogP contribution in [-0.2, 0) is 0 Å². The van der Waals surface area contributed by atoms with E-state index in [1.807, 2.05) is 0 Å². The number of rotatable bonds is 3. The fourth-order valence-corrected chi connectivity index (χ4v) is 2.73. The van der Waals surface area contributed by atoms with Crippen molar-refractivity contribution in [1.82, 2.24) is 10.5 Å². The van der Waals surface area contributed by atoms with Crippen LogP contribution in [0.2, 0.25) is 0 Å². The van der Waals surface area contributed by atoms with E-state index in [4.69, 9.17) is 4.52 Å². The van der Waals surface area contributed by atoms with Gasteiger partial charge < -0.3 is 9.84 Å². The fourth-order valence-electron chi connectivity index (χ4n) is 2.73. The maximum absolute atomic E-state index is 12.1. The van der Waals surface area contributed by atoms with Crippen LogP contribution in [0, 0.1) is 5.92 Å². The number of amides is 1. The molecule has 0 saturated heterocycles. The van der Waals surface area contributed by atoms with Gasteiger partial charge >= 0.3 is 0 Å². The van der Waals surface area contributed by atoms with Gasteiger partial charge in [0.15, 0.2) is 5.69 Å². The molecule has 1 heterocycles. The number of hydrogen-bond donors (Lipinski definition) is 1. The van der Waals surface area contributed by atoms with Crippen LogP contribution in [0.5, 0.6) is 0 Å². The van der Waals surface area contributed by atoms with Crippen molar-refractivity contribution in [2.75, 3.05) is 0 Å². The molecular weight excluding hydrogens is 228 g/mol. The van der Waals surface area contributed by atoms with Crippen molar-refractivity contribution in [2.24, 2.45) is 5.92 Å². The van der Waals surface area contributed by atoms with E-state index in [1.165, 1.54) is 19.3 Å². The first-order chi connectivity index (χ1) is 8.74. The Labute approximate surface area is 107 Å². The van der Waals surface area contributed by atoms with Crippen molar-refractivity contribution in [2.45, 2.75) is 57.4 Å². The van der Waals surface area contributed by atoms with Gasteiger partial charge in [0.25, 0.3) is 5.91 Å². The minimum Gasteiger partial charge on any atom is -0.360 e. The molecule has 3 rings (SSSR count). The molecule has 1 amide bonds. The second kappa shape index (κ2) is 4.75. The molecule has 2 aliphatic rings. The summed E-state index contributed by atoms with van der Waals surface area (Å²) in [7, 11) is 0. The molecule has 4 nitrogen and oxygen atoms in total. The van der Waals surface area contributed by atoms with Crippen LogP contribution >= 0.6 is 0 Å². The summed E-state index contributed by atoms with van der Waals surface area (Å²) in [6, 6.07) is 2.10. The van der Waals surface area contributed by atoms with Crippen molar-refractivity contribution in [3.63, 3.8) is 0 Å². The summed E-state index contributed by atoms with van der Waals surface area (Å²) in [5.74, 6) is 1.87. The van der Waals surface area contributed by atoms with Crippen molar-refractivity contribution in [3.05, 3.63) is 17.5 Å². The van der Waals surface area contributed by atoms with Crippen molar-refractivity contribution < 1.29 is 9.32 Å². The highest BCUT2D eigenvalue weighted by atomic mass is 16.5. The van der Waals surface area contributed by atoms with Crippen LogP contribution in [0.3, 0.4) is 0 Å². The average molecular weight is 248 g/mol. The van der Waals surface area contributed by atoms with Gasteiger partial charge in [-0.2, -0.15) is 0 Å². The molecule has 0 aromatic carbocycles. The number of carbonyl (C=O) groups excluding carboxylic acids is 1. The molecule has 18 heavy (non-hydrogen) atoms. The van der Waals surface area contributed by atoms with Crippen LogP contribution in [0.1, 0.15) is 67.6 Å². The monoisotopic (exact) mass is 248 g/mol. The predicted molar refractivity (Wildman–Crippen MR) is 67.4 cm³/mol. The maximum Gasteiger partial charge on any atom is 0.273 e. The number of hydrogen-bond acceptors (Lipinski definition) is 3. The summed E-state index contributed by atoms with van der Waals surface area (Å²) in [5, 5.41) is 6.98. The van der Waals surface area contributed by atoms with E-state index in [0.717, 1.165) is 25.0 Å². The first kappa shape index (κ1) is 11.8. The fraction of sp³-hybridized carbons (Fsp3) is 0.714. The smallest absolute Gasteiger partial charge is 0.273 e.